The molecule has 38 heavy (non-hydrogen) atoms. The highest BCUT2D eigenvalue weighted by molar-refractivity contribution is 8.32. The van der Waals surface area contributed by atoms with Gasteiger partial charge in [-0.25, -0.2) is 10.0 Å². The van der Waals surface area contributed by atoms with Crippen LogP contribution >= 0.6 is 28.5 Å². The zero-order valence-corrected chi connectivity index (χ0v) is 25.2. The lowest BCUT2D eigenvalue weighted by molar-refractivity contribution is 1.46. The van der Waals surface area contributed by atoms with E-state index in [0.717, 1.165) is 0 Å². The van der Waals surface area contributed by atoms with Gasteiger partial charge in [-0.15, -0.1) is 18.5 Å². The molecule has 6 rings (SSSR count). The van der Waals surface area contributed by atoms with E-state index in [0.29, 0.717) is 0 Å². The molecule has 2 unspecified atom stereocenters. The van der Waals surface area contributed by atoms with Crippen LogP contribution in [0.1, 0.15) is 0 Å². The molecular formula is C35H32P2S. The van der Waals surface area contributed by atoms with E-state index in [1.54, 1.807) is 0 Å². The van der Waals surface area contributed by atoms with E-state index in [-0.39, 0.29) is 0 Å². The first-order valence-electron chi connectivity index (χ1n) is 12.8. The van der Waals surface area contributed by atoms with Crippen molar-refractivity contribution in [2.24, 2.45) is 0 Å². The minimum atomic E-state index is -1.02. The summed E-state index contributed by atoms with van der Waals surface area (Å²) < 4.78 is 0. The first kappa shape index (κ1) is 25.3. The van der Waals surface area contributed by atoms with Crippen molar-refractivity contribution in [2.45, 2.75) is 4.90 Å². The Labute approximate surface area is 232 Å². The molecule has 3 heteroatoms. The first-order chi connectivity index (χ1) is 18.3. The van der Waals surface area contributed by atoms with E-state index in [1.807, 2.05) is 0 Å². The molecule has 0 aliphatic heterocycles. The Morgan fingerprint density at radius 3 is 1.37 bits per heavy atom. The average molecular weight is 547 g/mol. The second kappa shape index (κ2) is 9.98. The van der Waals surface area contributed by atoms with Gasteiger partial charge in [0.1, 0.15) is 0 Å². The van der Waals surface area contributed by atoms with Crippen molar-refractivity contribution >= 4 is 60.7 Å². The van der Waals surface area contributed by atoms with Gasteiger partial charge in [0.2, 0.25) is 0 Å². The highest BCUT2D eigenvalue weighted by Crippen LogP contribution is 2.54. The normalized spacial score (nSPS) is 12.2. The maximum Gasteiger partial charge on any atom is -0.00208 e. The van der Waals surface area contributed by atoms with E-state index in [9.17, 15) is 0 Å². The van der Waals surface area contributed by atoms with Crippen molar-refractivity contribution in [3.63, 3.8) is 0 Å². The van der Waals surface area contributed by atoms with Gasteiger partial charge in [0.05, 0.1) is 0 Å². The largest absolute Gasteiger partial charge is 0.223 e. The summed E-state index contributed by atoms with van der Waals surface area (Å²) in [5.74, 6) is 0. The molecule has 0 aliphatic rings. The Morgan fingerprint density at radius 2 is 0.895 bits per heavy atom. The third-order valence-electron chi connectivity index (χ3n) is 7.27. The zero-order valence-electron chi connectivity index (χ0n) is 22.0. The van der Waals surface area contributed by atoms with E-state index < -0.39 is 10.0 Å². The van der Waals surface area contributed by atoms with Crippen LogP contribution in [0.25, 0.3) is 54.9 Å². The number of hydrogen-bond acceptors (Lipinski definition) is 0. The fourth-order valence-corrected chi connectivity index (χ4v) is 7.17. The van der Waals surface area contributed by atoms with Crippen LogP contribution in [0.3, 0.4) is 0 Å². The summed E-state index contributed by atoms with van der Waals surface area (Å²) in [6.07, 6.45) is 7.22. The molecule has 0 amide bonds. The van der Waals surface area contributed by atoms with Gasteiger partial charge in [0, 0.05) is 0 Å². The fraction of sp³-hybridized carbons (Fsp3) is 0.0857. The molecule has 0 aliphatic carbocycles. The van der Waals surface area contributed by atoms with Gasteiger partial charge < -0.3 is 0 Å². The molecule has 0 saturated heterocycles. The Hall–Kier alpha value is -2.95. The Morgan fingerprint density at radius 1 is 0.447 bits per heavy atom. The number of fused-ring (bicyclic) bond motifs is 2. The quantitative estimate of drug-likeness (QED) is 0.153. The lowest BCUT2D eigenvalue weighted by Gasteiger charge is -2.30. The van der Waals surface area contributed by atoms with Crippen molar-refractivity contribution in [3.05, 3.63) is 115 Å². The summed E-state index contributed by atoms with van der Waals surface area (Å²) in [7, 11) is 4.61. The van der Waals surface area contributed by atoms with Gasteiger partial charge >= 0.3 is 0 Å². The first-order valence-corrected chi connectivity index (χ1v) is 16.8. The Kier molecular flexibility index (Phi) is 6.65. The monoisotopic (exact) mass is 546 g/mol. The summed E-state index contributed by atoms with van der Waals surface area (Å²) >= 11 is 0. The highest BCUT2D eigenvalue weighted by Gasteiger charge is 2.22. The molecule has 0 nitrogen and oxygen atoms in total. The number of benzene rings is 6. The molecule has 0 fully saturated rings. The predicted octanol–water partition coefficient (Wildman–Crippen LogP) is 9.05. The summed E-state index contributed by atoms with van der Waals surface area (Å²) in [6, 6.07) is 42.6. The van der Waals surface area contributed by atoms with Crippen LogP contribution in [0.2, 0.25) is 0 Å². The molecular weight excluding hydrogens is 514 g/mol. The van der Waals surface area contributed by atoms with E-state index in [4.69, 9.17) is 0 Å². The van der Waals surface area contributed by atoms with E-state index >= 15 is 0 Å². The van der Waals surface area contributed by atoms with Gasteiger partial charge in [0.15, 0.2) is 0 Å². The maximum atomic E-state index is 2.82. The second-order valence-corrected chi connectivity index (χ2v) is 16.1. The van der Waals surface area contributed by atoms with E-state index in [1.165, 1.54) is 70.4 Å². The fourth-order valence-electron chi connectivity index (χ4n) is 5.47. The van der Waals surface area contributed by atoms with Crippen LogP contribution in [-0.4, -0.2) is 18.8 Å². The number of hydrogen-bond donors (Lipinski definition) is 0. The van der Waals surface area contributed by atoms with Gasteiger partial charge in [0.25, 0.3) is 0 Å². The lowest BCUT2D eigenvalue weighted by Crippen LogP contribution is -1.99. The SMILES string of the molecule is CS(C)(C)c1cc2c(-c3ccc(P)cc3)c3ccccc3c(-c3ccc(P)cc3)c2cc1-c1ccccc1. The van der Waals surface area contributed by atoms with Crippen molar-refractivity contribution in [1.29, 1.82) is 0 Å². The minimum Gasteiger partial charge on any atom is -0.223 e. The van der Waals surface area contributed by atoms with Crippen LogP contribution in [0.15, 0.2) is 120 Å². The molecule has 0 bridgehead atoms. The zero-order chi connectivity index (χ0) is 26.4. The third-order valence-corrected chi connectivity index (χ3v) is 9.69. The molecule has 188 valence electrons. The Balaban J connectivity index is 1.85. The molecule has 0 radical (unpaired) electrons. The number of rotatable bonds is 4. The molecule has 0 N–H and O–H groups in total. The molecule has 0 aromatic heterocycles. The lowest BCUT2D eigenvalue weighted by atomic mass is 9.85. The average Bonchev–Trinajstić information content (AvgIpc) is 2.92. The third kappa shape index (κ3) is 4.58. The molecule has 6 aromatic carbocycles. The smallest absolute Gasteiger partial charge is 0.00208 e. The van der Waals surface area contributed by atoms with Gasteiger partial charge in [-0.1, -0.05) is 103 Å². The summed E-state index contributed by atoms with van der Waals surface area (Å²) in [5, 5.41) is 7.60. The van der Waals surface area contributed by atoms with Crippen molar-refractivity contribution in [3.8, 4) is 33.4 Å². The van der Waals surface area contributed by atoms with Gasteiger partial charge in [-0.05, 0) is 101 Å². The van der Waals surface area contributed by atoms with Crippen LogP contribution in [0.4, 0.5) is 0 Å². The molecule has 0 saturated carbocycles. The van der Waals surface area contributed by atoms with Crippen molar-refractivity contribution in [2.75, 3.05) is 18.8 Å². The van der Waals surface area contributed by atoms with Crippen molar-refractivity contribution in [1.82, 2.24) is 0 Å². The maximum absolute atomic E-state index is 2.82. The summed E-state index contributed by atoms with van der Waals surface area (Å²) in [6.45, 7) is 0. The molecule has 0 heterocycles. The molecule has 0 spiro atoms. The van der Waals surface area contributed by atoms with Crippen LogP contribution < -0.4 is 10.6 Å². The van der Waals surface area contributed by atoms with Crippen LogP contribution in [0, 0.1) is 0 Å². The van der Waals surface area contributed by atoms with E-state index in [2.05, 4.69) is 153 Å². The predicted molar refractivity (Wildman–Crippen MR) is 180 cm³/mol. The topological polar surface area (TPSA) is 0 Å². The molecule has 6 aromatic rings. The Bertz CT molecular complexity index is 1780. The summed E-state index contributed by atoms with van der Waals surface area (Å²) in [4.78, 5) is 1.45. The summed E-state index contributed by atoms with van der Waals surface area (Å²) in [5.41, 5.74) is 7.74. The highest BCUT2D eigenvalue weighted by atomic mass is 32.3. The van der Waals surface area contributed by atoms with Gasteiger partial charge in [-0.3, -0.25) is 0 Å². The standard InChI is InChI=1S/C35H32P2S/c1-38(2,3)33-22-32-31(21-30(33)23-9-5-4-6-10-23)34(24-13-17-26(36)18-14-24)28-11-7-8-12-29(28)35(32)25-15-19-27(37)20-16-25/h4-22H,36-37H2,1-3H3. The van der Waals surface area contributed by atoms with Crippen LogP contribution in [0.5, 0.6) is 0 Å². The van der Waals surface area contributed by atoms with Crippen molar-refractivity contribution < 1.29 is 0 Å². The minimum absolute atomic E-state index is 1.02. The second-order valence-electron chi connectivity index (χ2n) is 10.6. The van der Waals surface area contributed by atoms with Gasteiger partial charge in [-0.2, -0.15) is 0 Å². The van der Waals surface area contributed by atoms with Crippen LogP contribution in [-0.2, 0) is 0 Å². The molecule has 2 atom stereocenters.